The zero-order chi connectivity index (χ0) is 17.5. The molecule has 2 rings (SSSR count). The Morgan fingerprint density at radius 3 is 2.25 bits per heavy atom. The van der Waals surface area contributed by atoms with Crippen molar-refractivity contribution in [2.45, 2.75) is 23.9 Å². The molecule has 2 aromatic rings. The van der Waals surface area contributed by atoms with Crippen LogP contribution in [-0.2, 0) is 0 Å². The quantitative estimate of drug-likeness (QED) is 0.674. The second-order valence-corrected chi connectivity index (χ2v) is 5.81. The van der Waals surface area contributed by atoms with Crippen molar-refractivity contribution in [3.05, 3.63) is 53.0 Å². The molecule has 6 nitrogen and oxygen atoms in total. The first-order valence-corrected chi connectivity index (χ1v) is 7.69. The smallest absolute Gasteiger partial charge is 0.192 e. The lowest BCUT2D eigenvalue weighted by Crippen LogP contribution is -2.00. The van der Waals surface area contributed by atoms with Gasteiger partial charge in [-0.2, -0.15) is 15.8 Å². The van der Waals surface area contributed by atoms with E-state index in [4.69, 9.17) is 15.8 Å². The van der Waals surface area contributed by atoms with Crippen LogP contribution in [0.15, 0.2) is 51.7 Å². The highest BCUT2D eigenvalue weighted by molar-refractivity contribution is 7.99. The van der Waals surface area contributed by atoms with Gasteiger partial charge in [-0.25, -0.2) is 9.97 Å². The van der Waals surface area contributed by atoms with Gasteiger partial charge < -0.3 is 5.32 Å². The van der Waals surface area contributed by atoms with Crippen LogP contribution in [0.3, 0.4) is 0 Å². The Morgan fingerprint density at radius 1 is 1.00 bits per heavy atom. The molecular weight excluding hydrogens is 320 g/mol. The molecule has 0 radical (unpaired) electrons. The summed E-state index contributed by atoms with van der Waals surface area (Å²) in [5.41, 5.74) is 2.05. The summed E-state index contributed by atoms with van der Waals surface area (Å²) < 4.78 is 0. The predicted octanol–water partition coefficient (Wildman–Crippen LogP) is 3.48. The van der Waals surface area contributed by atoms with E-state index in [0.29, 0.717) is 10.8 Å². The number of allylic oxidation sites excluding steroid dienone is 2. The Balaban J connectivity index is 2.27. The number of nitrogens with one attached hydrogen (secondary N) is 1. The zero-order valence-electron chi connectivity index (χ0n) is 13.0. The van der Waals surface area contributed by atoms with Gasteiger partial charge in [-0.15, -0.1) is 0 Å². The van der Waals surface area contributed by atoms with Crippen LogP contribution in [0, 0.1) is 47.8 Å². The highest BCUT2D eigenvalue weighted by Gasteiger charge is 2.08. The summed E-state index contributed by atoms with van der Waals surface area (Å²) in [4.78, 5) is 9.62. The highest BCUT2D eigenvalue weighted by atomic mass is 32.2. The molecule has 0 saturated carbocycles. The molecule has 1 aromatic carbocycles. The average Bonchev–Trinajstić information content (AvgIpc) is 2.54. The van der Waals surface area contributed by atoms with E-state index in [1.165, 1.54) is 11.8 Å². The van der Waals surface area contributed by atoms with Crippen LogP contribution in [-0.4, -0.2) is 9.97 Å². The molecule has 0 bridgehead atoms. The molecule has 0 atom stereocenters. The minimum Gasteiger partial charge on any atom is -0.345 e. The number of nitriles is 3. The summed E-state index contributed by atoms with van der Waals surface area (Å²) in [5.74, 6) is 0. The van der Waals surface area contributed by atoms with Gasteiger partial charge in [-0.3, -0.25) is 0 Å². The lowest BCUT2D eigenvalue weighted by molar-refractivity contribution is 0.902. The molecule has 0 amide bonds. The highest BCUT2D eigenvalue weighted by Crippen LogP contribution is 2.27. The minimum absolute atomic E-state index is 0.0789. The molecule has 1 heterocycles. The SMILES string of the molecule is Cc1cc(C)nc(Sc2cccc(NC(C#N)=C(C#N)C#N)c2)n1. The second kappa shape index (κ2) is 7.78. The molecule has 0 fully saturated rings. The zero-order valence-corrected chi connectivity index (χ0v) is 13.8. The molecule has 116 valence electrons. The molecule has 0 aliphatic heterocycles. The number of nitrogens with zero attached hydrogens (tertiary/aromatic N) is 5. The molecule has 24 heavy (non-hydrogen) atoms. The van der Waals surface area contributed by atoms with E-state index in [1.54, 1.807) is 30.3 Å². The van der Waals surface area contributed by atoms with E-state index >= 15 is 0 Å². The maximum atomic E-state index is 9.09. The summed E-state index contributed by atoms with van der Waals surface area (Å²) in [6, 6.07) is 14.4. The molecule has 0 aliphatic rings. The largest absolute Gasteiger partial charge is 0.345 e. The molecule has 1 aromatic heterocycles. The van der Waals surface area contributed by atoms with Crippen molar-refractivity contribution in [3.63, 3.8) is 0 Å². The molecule has 1 N–H and O–H groups in total. The summed E-state index contributed by atoms with van der Waals surface area (Å²) >= 11 is 1.39. The van der Waals surface area contributed by atoms with Crippen LogP contribution < -0.4 is 5.32 Å². The topological polar surface area (TPSA) is 109 Å². The van der Waals surface area contributed by atoms with Gasteiger partial charge in [-0.1, -0.05) is 6.07 Å². The van der Waals surface area contributed by atoms with Gasteiger partial charge in [0, 0.05) is 22.0 Å². The van der Waals surface area contributed by atoms with Crippen molar-refractivity contribution >= 4 is 17.4 Å². The maximum Gasteiger partial charge on any atom is 0.192 e. The monoisotopic (exact) mass is 332 g/mol. The van der Waals surface area contributed by atoms with Crippen LogP contribution in [0.4, 0.5) is 5.69 Å². The number of aryl methyl sites for hydroxylation is 2. The average molecular weight is 332 g/mol. The van der Waals surface area contributed by atoms with Gasteiger partial charge in [0.15, 0.2) is 10.7 Å². The van der Waals surface area contributed by atoms with E-state index < -0.39 is 0 Å². The fourth-order valence-corrected chi connectivity index (χ4v) is 2.83. The Kier molecular flexibility index (Phi) is 5.52. The van der Waals surface area contributed by atoms with Gasteiger partial charge in [0.1, 0.15) is 23.9 Å². The molecule has 0 spiro atoms. The van der Waals surface area contributed by atoms with E-state index in [-0.39, 0.29) is 11.3 Å². The number of benzene rings is 1. The van der Waals surface area contributed by atoms with E-state index in [0.717, 1.165) is 16.3 Å². The Labute approximate surface area is 144 Å². The fraction of sp³-hybridized carbons (Fsp3) is 0.118. The molecule has 0 saturated heterocycles. The molecule has 7 heteroatoms. The van der Waals surface area contributed by atoms with Crippen molar-refractivity contribution in [3.8, 4) is 18.2 Å². The minimum atomic E-state index is -0.256. The Hall–Kier alpha value is -3.34. The van der Waals surface area contributed by atoms with Crippen LogP contribution >= 0.6 is 11.8 Å². The fourth-order valence-electron chi connectivity index (χ4n) is 1.91. The third-order valence-corrected chi connectivity index (χ3v) is 3.71. The van der Waals surface area contributed by atoms with Crippen LogP contribution in [0.25, 0.3) is 0 Å². The molecule has 0 aliphatic carbocycles. The van der Waals surface area contributed by atoms with E-state index in [9.17, 15) is 0 Å². The van der Waals surface area contributed by atoms with Gasteiger partial charge in [-0.05, 0) is 49.9 Å². The van der Waals surface area contributed by atoms with Gasteiger partial charge in [0.05, 0.1) is 0 Å². The van der Waals surface area contributed by atoms with Crippen molar-refractivity contribution in [1.29, 1.82) is 15.8 Å². The number of rotatable bonds is 4. The molecule has 0 unspecified atom stereocenters. The third kappa shape index (κ3) is 4.33. The Morgan fingerprint density at radius 2 is 1.67 bits per heavy atom. The lowest BCUT2D eigenvalue weighted by atomic mass is 10.2. The maximum absolute atomic E-state index is 9.09. The molecular formula is C17H12N6S. The standard InChI is InChI=1S/C17H12N6S/c1-11-6-12(2)22-17(21-11)24-15-5-3-4-14(7-15)23-16(10-20)13(8-18)9-19/h3-7,23H,1-2H3. The number of aromatic nitrogens is 2. The third-order valence-electron chi connectivity index (χ3n) is 2.86. The predicted molar refractivity (Wildman–Crippen MR) is 89.6 cm³/mol. The second-order valence-electron chi connectivity index (χ2n) is 4.77. The Bertz CT molecular complexity index is 891. The first kappa shape index (κ1) is 17.0. The number of hydrogen-bond acceptors (Lipinski definition) is 7. The summed E-state index contributed by atoms with van der Waals surface area (Å²) in [6.45, 7) is 3.82. The van der Waals surface area contributed by atoms with Crippen molar-refractivity contribution in [2.75, 3.05) is 5.32 Å². The van der Waals surface area contributed by atoms with Gasteiger partial charge in [0.25, 0.3) is 0 Å². The van der Waals surface area contributed by atoms with Crippen molar-refractivity contribution < 1.29 is 0 Å². The van der Waals surface area contributed by atoms with Gasteiger partial charge in [0.2, 0.25) is 0 Å². The van der Waals surface area contributed by atoms with Crippen LogP contribution in [0.1, 0.15) is 11.4 Å². The first-order chi connectivity index (χ1) is 11.5. The van der Waals surface area contributed by atoms with E-state index in [2.05, 4.69) is 15.3 Å². The van der Waals surface area contributed by atoms with Gasteiger partial charge >= 0.3 is 0 Å². The summed E-state index contributed by atoms with van der Waals surface area (Å²) in [5, 5.41) is 30.3. The van der Waals surface area contributed by atoms with Crippen LogP contribution in [0.2, 0.25) is 0 Å². The van der Waals surface area contributed by atoms with Crippen molar-refractivity contribution in [2.24, 2.45) is 0 Å². The number of hydrogen-bond donors (Lipinski definition) is 1. The van der Waals surface area contributed by atoms with Crippen LogP contribution in [0.5, 0.6) is 0 Å². The summed E-state index contributed by atoms with van der Waals surface area (Å²) in [6.07, 6.45) is 0. The lowest BCUT2D eigenvalue weighted by Gasteiger charge is -2.07. The van der Waals surface area contributed by atoms with Crippen molar-refractivity contribution in [1.82, 2.24) is 9.97 Å². The number of anilines is 1. The first-order valence-electron chi connectivity index (χ1n) is 6.87. The summed E-state index contributed by atoms with van der Waals surface area (Å²) in [7, 11) is 0. The normalized spacial score (nSPS) is 9.29. The van der Waals surface area contributed by atoms with E-state index in [1.807, 2.05) is 32.0 Å².